The van der Waals surface area contributed by atoms with Crippen molar-refractivity contribution in [2.75, 3.05) is 24.8 Å². The summed E-state index contributed by atoms with van der Waals surface area (Å²) in [6, 6.07) is 9.21. The van der Waals surface area contributed by atoms with E-state index in [0.717, 1.165) is 16.9 Å². The standard InChI is InChI=1S/C24H29FN8O2/c1-13-10-19(26-12-15(13)25)28-20-11-18(21-23(29-20)31-33(3)24(21)34)27-17-7-5-6-14(22(17)35-4)16-8-9-32(2)30-16/h5-10,12,18,20-21,23,27,29,31H,11H2,1-4H3,(H,26,28). The normalized spacial score (nSPS) is 23.8. The van der Waals surface area contributed by atoms with Crippen LogP contribution in [0, 0.1) is 18.7 Å². The molecule has 2 saturated heterocycles. The van der Waals surface area contributed by atoms with E-state index in [4.69, 9.17) is 4.74 Å². The monoisotopic (exact) mass is 480 g/mol. The molecule has 5 rings (SSSR count). The number of aryl methyl sites for hydroxylation is 2. The number of fused-ring (bicyclic) bond motifs is 1. The fourth-order valence-electron chi connectivity index (χ4n) is 4.83. The Balaban J connectivity index is 1.44. The van der Waals surface area contributed by atoms with Gasteiger partial charge in [-0.3, -0.25) is 19.8 Å². The highest BCUT2D eigenvalue weighted by Crippen LogP contribution is 2.38. The number of carbonyl (C=O) groups is 1. The highest BCUT2D eigenvalue weighted by Gasteiger charge is 2.48. The Morgan fingerprint density at radius 1 is 1.23 bits per heavy atom. The molecule has 0 aliphatic carbocycles. The molecule has 4 atom stereocenters. The maximum atomic E-state index is 13.7. The third kappa shape index (κ3) is 4.40. The molecule has 2 fully saturated rings. The van der Waals surface area contributed by atoms with Crippen LogP contribution in [0.3, 0.4) is 0 Å². The second-order valence-corrected chi connectivity index (χ2v) is 8.96. The highest BCUT2D eigenvalue weighted by molar-refractivity contribution is 5.83. The Labute approximate surface area is 202 Å². The van der Waals surface area contributed by atoms with Crippen molar-refractivity contribution in [2.45, 2.75) is 31.7 Å². The van der Waals surface area contributed by atoms with Gasteiger partial charge in [-0.15, -0.1) is 0 Å². The molecule has 184 valence electrons. The molecule has 4 heterocycles. The molecule has 2 aliphatic rings. The van der Waals surface area contributed by atoms with Gasteiger partial charge in [-0.05, 0) is 36.8 Å². The minimum Gasteiger partial charge on any atom is -0.494 e. The van der Waals surface area contributed by atoms with Gasteiger partial charge >= 0.3 is 0 Å². The Morgan fingerprint density at radius 2 is 2.06 bits per heavy atom. The molecular formula is C24H29FN8O2. The van der Waals surface area contributed by atoms with Crippen molar-refractivity contribution in [3.8, 4) is 17.0 Å². The van der Waals surface area contributed by atoms with Gasteiger partial charge in [-0.25, -0.2) is 14.8 Å². The van der Waals surface area contributed by atoms with Gasteiger partial charge in [0.1, 0.15) is 11.6 Å². The molecule has 2 aromatic heterocycles. The van der Waals surface area contributed by atoms with Crippen LogP contribution < -0.4 is 26.1 Å². The number of hydrogen-bond acceptors (Lipinski definition) is 8. The summed E-state index contributed by atoms with van der Waals surface area (Å²) >= 11 is 0. The van der Waals surface area contributed by atoms with Gasteiger partial charge in [-0.1, -0.05) is 6.07 Å². The summed E-state index contributed by atoms with van der Waals surface area (Å²) in [4.78, 5) is 17.2. The molecule has 4 unspecified atom stereocenters. The number of hydrazine groups is 1. The van der Waals surface area contributed by atoms with Crippen LogP contribution >= 0.6 is 0 Å². The molecule has 35 heavy (non-hydrogen) atoms. The quantitative estimate of drug-likeness (QED) is 0.425. The average Bonchev–Trinajstić information content (AvgIpc) is 3.38. The number of para-hydroxylation sites is 1. The van der Waals surface area contributed by atoms with E-state index in [1.165, 1.54) is 11.2 Å². The number of hydrogen-bond donors (Lipinski definition) is 4. The van der Waals surface area contributed by atoms with Crippen LogP contribution in [0.15, 0.2) is 42.7 Å². The molecule has 0 bridgehead atoms. The smallest absolute Gasteiger partial charge is 0.244 e. The van der Waals surface area contributed by atoms with Gasteiger partial charge in [0.15, 0.2) is 5.75 Å². The third-order valence-electron chi connectivity index (χ3n) is 6.53. The number of anilines is 2. The molecule has 4 N–H and O–H groups in total. The van der Waals surface area contributed by atoms with Crippen molar-refractivity contribution >= 4 is 17.4 Å². The lowest BCUT2D eigenvalue weighted by Gasteiger charge is -2.39. The van der Waals surface area contributed by atoms with Gasteiger partial charge in [-0.2, -0.15) is 5.10 Å². The molecule has 1 aromatic carbocycles. The Morgan fingerprint density at radius 3 is 2.77 bits per heavy atom. The summed E-state index contributed by atoms with van der Waals surface area (Å²) < 4.78 is 21.2. The largest absolute Gasteiger partial charge is 0.494 e. The van der Waals surface area contributed by atoms with E-state index in [1.807, 2.05) is 37.5 Å². The van der Waals surface area contributed by atoms with Crippen molar-refractivity contribution in [2.24, 2.45) is 13.0 Å². The minimum absolute atomic E-state index is 0.00551. The molecule has 1 amide bonds. The number of pyridine rings is 1. The molecule has 11 heteroatoms. The molecule has 0 radical (unpaired) electrons. The topological polar surface area (TPSA) is 108 Å². The van der Waals surface area contributed by atoms with E-state index in [2.05, 4.69) is 31.5 Å². The number of nitrogens with zero attached hydrogens (tertiary/aromatic N) is 4. The molecule has 10 nitrogen and oxygen atoms in total. The Hall–Kier alpha value is -3.70. The van der Waals surface area contributed by atoms with Crippen LogP contribution in [0.1, 0.15) is 12.0 Å². The second kappa shape index (κ2) is 9.16. The lowest BCUT2D eigenvalue weighted by molar-refractivity contribution is -0.131. The van der Waals surface area contributed by atoms with E-state index in [-0.39, 0.29) is 36.0 Å². The summed E-state index contributed by atoms with van der Waals surface area (Å²) in [5.41, 5.74) is 6.14. The third-order valence-corrected chi connectivity index (χ3v) is 6.53. The predicted molar refractivity (Wildman–Crippen MR) is 130 cm³/mol. The van der Waals surface area contributed by atoms with E-state index in [0.29, 0.717) is 23.6 Å². The van der Waals surface area contributed by atoms with Crippen molar-refractivity contribution in [1.29, 1.82) is 0 Å². The lowest BCUT2D eigenvalue weighted by atomic mass is 9.88. The number of rotatable bonds is 6. The van der Waals surface area contributed by atoms with Gasteiger partial charge in [0, 0.05) is 38.3 Å². The first kappa shape index (κ1) is 23.1. The summed E-state index contributed by atoms with van der Waals surface area (Å²) in [6.07, 6.45) is 3.15. The molecule has 3 aromatic rings. The lowest BCUT2D eigenvalue weighted by Crippen LogP contribution is -2.60. The van der Waals surface area contributed by atoms with E-state index >= 15 is 0 Å². The first-order valence-electron chi connectivity index (χ1n) is 11.5. The number of nitrogens with one attached hydrogen (secondary N) is 4. The molecular weight excluding hydrogens is 451 g/mol. The van der Waals surface area contributed by atoms with Crippen LogP contribution in [0.4, 0.5) is 15.9 Å². The van der Waals surface area contributed by atoms with Gasteiger partial charge in [0.2, 0.25) is 5.91 Å². The summed E-state index contributed by atoms with van der Waals surface area (Å²) in [6.45, 7) is 1.70. The molecule has 0 spiro atoms. The number of amides is 1. The fraction of sp³-hybridized carbons (Fsp3) is 0.375. The van der Waals surface area contributed by atoms with Crippen LogP contribution in [0.2, 0.25) is 0 Å². The molecule has 2 aliphatic heterocycles. The number of halogens is 1. The number of piperidine rings is 1. The Kier molecular flexibility index (Phi) is 6.03. The Bertz CT molecular complexity index is 1250. The first-order valence-corrected chi connectivity index (χ1v) is 11.5. The van der Waals surface area contributed by atoms with E-state index in [1.54, 1.807) is 31.8 Å². The maximum absolute atomic E-state index is 13.7. The maximum Gasteiger partial charge on any atom is 0.244 e. The number of benzene rings is 1. The van der Waals surface area contributed by atoms with E-state index < -0.39 is 0 Å². The number of aromatic nitrogens is 3. The average molecular weight is 481 g/mol. The van der Waals surface area contributed by atoms with Crippen molar-refractivity contribution in [3.05, 3.63) is 54.1 Å². The van der Waals surface area contributed by atoms with Crippen molar-refractivity contribution < 1.29 is 13.9 Å². The predicted octanol–water partition coefficient (Wildman–Crippen LogP) is 2.07. The summed E-state index contributed by atoms with van der Waals surface area (Å²) in [5.74, 6) is 0.522. The van der Waals surface area contributed by atoms with Crippen molar-refractivity contribution in [3.63, 3.8) is 0 Å². The first-order chi connectivity index (χ1) is 16.8. The molecule has 0 saturated carbocycles. The van der Waals surface area contributed by atoms with Crippen LogP contribution in [0.25, 0.3) is 11.3 Å². The second-order valence-electron chi connectivity index (χ2n) is 8.96. The number of carbonyl (C=O) groups excluding carboxylic acids is 1. The minimum atomic E-state index is -0.351. The summed E-state index contributed by atoms with van der Waals surface area (Å²) in [5, 5.41) is 16.4. The SMILES string of the molecule is COc1c(NC2CC(Nc3cc(C)c(F)cn3)NC3NN(C)C(=O)C23)cccc1-c1ccn(C)n1. The zero-order valence-corrected chi connectivity index (χ0v) is 20.0. The van der Waals surface area contributed by atoms with Crippen LogP contribution in [0.5, 0.6) is 5.75 Å². The number of methoxy groups -OCH3 is 1. The van der Waals surface area contributed by atoms with Crippen LogP contribution in [-0.4, -0.2) is 58.2 Å². The highest BCUT2D eigenvalue weighted by atomic mass is 19.1. The summed E-state index contributed by atoms with van der Waals surface area (Å²) in [7, 11) is 5.21. The van der Waals surface area contributed by atoms with Crippen molar-refractivity contribution in [1.82, 2.24) is 30.5 Å². The zero-order valence-electron chi connectivity index (χ0n) is 20.0. The fourth-order valence-corrected chi connectivity index (χ4v) is 4.83. The van der Waals surface area contributed by atoms with Crippen LogP contribution in [-0.2, 0) is 11.8 Å². The number of ether oxygens (including phenoxy) is 1. The van der Waals surface area contributed by atoms with Gasteiger partial charge in [0.25, 0.3) is 0 Å². The van der Waals surface area contributed by atoms with Gasteiger partial charge < -0.3 is 15.4 Å². The van der Waals surface area contributed by atoms with Gasteiger partial charge in [0.05, 0.1) is 42.9 Å². The zero-order chi connectivity index (χ0) is 24.7. The van der Waals surface area contributed by atoms with E-state index in [9.17, 15) is 9.18 Å².